The smallest absolute Gasteiger partial charge is 0.0292 e. The Kier molecular flexibility index (Phi) is 3.70. The van der Waals surface area contributed by atoms with Gasteiger partial charge in [-0.3, -0.25) is 0 Å². The van der Waals surface area contributed by atoms with Crippen LogP contribution in [0.2, 0.25) is 0 Å². The fraction of sp³-hybridized carbons (Fsp3) is 0.571. The molecule has 1 N–H and O–H groups in total. The van der Waals surface area contributed by atoms with Crippen molar-refractivity contribution in [2.24, 2.45) is 5.41 Å². The zero-order chi connectivity index (χ0) is 11.6. The van der Waals surface area contributed by atoms with E-state index in [0.717, 1.165) is 11.0 Å². The third-order valence-electron chi connectivity index (χ3n) is 3.74. The minimum Gasteiger partial charge on any atom is -0.310 e. The summed E-state index contributed by atoms with van der Waals surface area (Å²) < 4.78 is 1.16. The van der Waals surface area contributed by atoms with Crippen LogP contribution in [0.5, 0.6) is 0 Å². The van der Waals surface area contributed by atoms with Gasteiger partial charge in [0.25, 0.3) is 0 Å². The lowest BCUT2D eigenvalue weighted by molar-refractivity contribution is 0.152. The van der Waals surface area contributed by atoms with Crippen LogP contribution in [0.3, 0.4) is 0 Å². The lowest BCUT2D eigenvalue weighted by Gasteiger charge is -2.39. The number of rotatable bonds is 4. The van der Waals surface area contributed by atoms with Crippen LogP contribution in [0.1, 0.15) is 44.7 Å². The second-order valence-corrected chi connectivity index (χ2v) is 6.24. The lowest BCUT2D eigenvalue weighted by Crippen LogP contribution is -2.38. The van der Waals surface area contributed by atoms with Crippen molar-refractivity contribution < 1.29 is 0 Å². The molecule has 1 fully saturated rings. The Labute approximate surface area is 107 Å². The van der Waals surface area contributed by atoms with E-state index in [-0.39, 0.29) is 0 Å². The van der Waals surface area contributed by atoms with Crippen molar-refractivity contribution in [2.45, 2.75) is 39.2 Å². The SMILES string of the molecule is CC(NCC1(C)CCC1)c1cccc(Br)c1. The van der Waals surface area contributed by atoms with Crippen LogP contribution in [0.15, 0.2) is 28.7 Å². The second kappa shape index (κ2) is 4.89. The molecule has 0 aliphatic heterocycles. The first-order valence-corrected chi connectivity index (χ1v) is 6.87. The summed E-state index contributed by atoms with van der Waals surface area (Å²) in [6, 6.07) is 8.99. The van der Waals surface area contributed by atoms with E-state index in [0.29, 0.717) is 11.5 Å². The quantitative estimate of drug-likeness (QED) is 0.868. The van der Waals surface area contributed by atoms with Crippen molar-refractivity contribution in [3.8, 4) is 0 Å². The Hall–Kier alpha value is -0.340. The minimum atomic E-state index is 0.440. The summed E-state index contributed by atoms with van der Waals surface area (Å²) in [6.45, 7) is 5.77. The summed E-state index contributed by atoms with van der Waals surface area (Å²) in [5, 5.41) is 3.65. The van der Waals surface area contributed by atoms with E-state index in [1.54, 1.807) is 0 Å². The largest absolute Gasteiger partial charge is 0.310 e. The molecule has 0 heterocycles. The van der Waals surface area contributed by atoms with Gasteiger partial charge in [-0.2, -0.15) is 0 Å². The van der Waals surface area contributed by atoms with Gasteiger partial charge in [0.2, 0.25) is 0 Å². The van der Waals surface area contributed by atoms with Gasteiger partial charge in [0, 0.05) is 17.1 Å². The first-order valence-electron chi connectivity index (χ1n) is 6.08. The molecule has 1 unspecified atom stereocenters. The average molecular weight is 282 g/mol. The maximum atomic E-state index is 3.65. The van der Waals surface area contributed by atoms with E-state index >= 15 is 0 Å². The fourth-order valence-electron chi connectivity index (χ4n) is 2.25. The highest BCUT2D eigenvalue weighted by Crippen LogP contribution is 2.39. The average Bonchev–Trinajstić information content (AvgIpc) is 2.23. The molecule has 1 aromatic carbocycles. The Balaban J connectivity index is 1.90. The zero-order valence-electron chi connectivity index (χ0n) is 10.1. The van der Waals surface area contributed by atoms with Crippen LogP contribution < -0.4 is 5.32 Å². The standard InChI is InChI=1S/C14H20BrN/c1-11(12-5-3-6-13(15)9-12)16-10-14(2)7-4-8-14/h3,5-6,9,11,16H,4,7-8,10H2,1-2H3. The van der Waals surface area contributed by atoms with Gasteiger partial charge < -0.3 is 5.32 Å². The number of hydrogen-bond donors (Lipinski definition) is 1. The predicted molar refractivity (Wildman–Crippen MR) is 72.5 cm³/mol. The van der Waals surface area contributed by atoms with Crippen LogP contribution in [0.4, 0.5) is 0 Å². The molecular formula is C14H20BrN. The molecule has 1 atom stereocenters. The highest BCUT2D eigenvalue weighted by Gasteiger charge is 2.31. The maximum absolute atomic E-state index is 3.65. The summed E-state index contributed by atoms with van der Waals surface area (Å²) in [5.41, 5.74) is 1.91. The molecule has 0 saturated heterocycles. The van der Waals surface area contributed by atoms with Gasteiger partial charge in [0.05, 0.1) is 0 Å². The number of benzene rings is 1. The lowest BCUT2D eigenvalue weighted by atomic mass is 9.70. The molecule has 1 aliphatic carbocycles. The molecule has 1 saturated carbocycles. The van der Waals surface area contributed by atoms with E-state index in [1.807, 2.05) is 0 Å². The normalized spacial score (nSPS) is 20.2. The molecule has 1 nitrogen and oxygen atoms in total. The van der Waals surface area contributed by atoms with Crippen LogP contribution in [0.25, 0.3) is 0 Å². The second-order valence-electron chi connectivity index (χ2n) is 5.32. The van der Waals surface area contributed by atoms with Crippen LogP contribution in [-0.4, -0.2) is 6.54 Å². The molecule has 0 spiro atoms. The predicted octanol–water partition coefficient (Wildman–Crippen LogP) is 4.29. The Morgan fingerprint density at radius 3 is 2.75 bits per heavy atom. The number of halogens is 1. The summed E-state index contributed by atoms with van der Waals surface area (Å²) in [4.78, 5) is 0. The van der Waals surface area contributed by atoms with Gasteiger partial charge in [-0.1, -0.05) is 41.4 Å². The van der Waals surface area contributed by atoms with E-state index in [9.17, 15) is 0 Å². The first kappa shape index (κ1) is 12.1. The topological polar surface area (TPSA) is 12.0 Å². The van der Waals surface area contributed by atoms with Crippen molar-refractivity contribution in [1.82, 2.24) is 5.32 Å². The molecule has 1 aliphatic rings. The molecule has 16 heavy (non-hydrogen) atoms. The van der Waals surface area contributed by atoms with Gasteiger partial charge in [-0.15, -0.1) is 0 Å². The number of nitrogens with one attached hydrogen (secondary N) is 1. The fourth-order valence-corrected chi connectivity index (χ4v) is 2.67. The van der Waals surface area contributed by atoms with Crippen molar-refractivity contribution in [3.63, 3.8) is 0 Å². The van der Waals surface area contributed by atoms with Crippen molar-refractivity contribution in [3.05, 3.63) is 34.3 Å². The van der Waals surface area contributed by atoms with Crippen LogP contribution >= 0.6 is 15.9 Å². The third kappa shape index (κ3) is 2.86. The van der Waals surface area contributed by atoms with E-state index < -0.39 is 0 Å². The summed E-state index contributed by atoms with van der Waals surface area (Å²) in [5.74, 6) is 0. The zero-order valence-corrected chi connectivity index (χ0v) is 11.7. The highest BCUT2D eigenvalue weighted by molar-refractivity contribution is 9.10. The van der Waals surface area contributed by atoms with Gasteiger partial charge in [-0.05, 0) is 42.9 Å². The van der Waals surface area contributed by atoms with Gasteiger partial charge >= 0.3 is 0 Å². The first-order chi connectivity index (χ1) is 7.59. The Morgan fingerprint density at radius 2 is 2.19 bits per heavy atom. The van der Waals surface area contributed by atoms with Crippen LogP contribution in [0, 0.1) is 5.41 Å². The Bertz CT molecular complexity index is 358. The molecular weight excluding hydrogens is 262 g/mol. The molecule has 0 aromatic heterocycles. The van der Waals surface area contributed by atoms with Gasteiger partial charge in [0.15, 0.2) is 0 Å². The summed E-state index contributed by atoms with van der Waals surface area (Å²) in [6.07, 6.45) is 4.17. The molecule has 0 bridgehead atoms. The van der Waals surface area contributed by atoms with Gasteiger partial charge in [0.1, 0.15) is 0 Å². The molecule has 1 aromatic rings. The van der Waals surface area contributed by atoms with Crippen molar-refractivity contribution >= 4 is 15.9 Å². The van der Waals surface area contributed by atoms with Gasteiger partial charge in [-0.25, -0.2) is 0 Å². The molecule has 88 valence electrons. The molecule has 0 radical (unpaired) electrons. The third-order valence-corrected chi connectivity index (χ3v) is 4.24. The van der Waals surface area contributed by atoms with E-state index in [2.05, 4.69) is 59.4 Å². The van der Waals surface area contributed by atoms with Crippen molar-refractivity contribution in [1.29, 1.82) is 0 Å². The van der Waals surface area contributed by atoms with E-state index in [4.69, 9.17) is 0 Å². The monoisotopic (exact) mass is 281 g/mol. The summed E-state index contributed by atoms with van der Waals surface area (Å²) >= 11 is 3.52. The maximum Gasteiger partial charge on any atom is 0.0292 e. The summed E-state index contributed by atoms with van der Waals surface area (Å²) in [7, 11) is 0. The van der Waals surface area contributed by atoms with E-state index in [1.165, 1.54) is 24.8 Å². The number of hydrogen-bond acceptors (Lipinski definition) is 1. The molecule has 2 rings (SSSR count). The van der Waals surface area contributed by atoms with Crippen LogP contribution in [-0.2, 0) is 0 Å². The molecule has 2 heteroatoms. The minimum absolute atomic E-state index is 0.440. The molecule has 0 amide bonds. The Morgan fingerprint density at radius 1 is 1.44 bits per heavy atom. The highest BCUT2D eigenvalue weighted by atomic mass is 79.9. The van der Waals surface area contributed by atoms with Crippen molar-refractivity contribution in [2.75, 3.05) is 6.54 Å².